The molecule has 0 amide bonds. The Balaban J connectivity index is 1.62. The van der Waals surface area contributed by atoms with Gasteiger partial charge < -0.3 is 9.84 Å². The summed E-state index contributed by atoms with van der Waals surface area (Å²) in [6.07, 6.45) is 7.06. The van der Waals surface area contributed by atoms with Crippen LogP contribution in [0.15, 0.2) is 30.5 Å². The number of aromatic nitrogens is 2. The lowest BCUT2D eigenvalue weighted by Gasteiger charge is -2.09. The predicted octanol–water partition coefficient (Wildman–Crippen LogP) is 3.72. The second-order valence-corrected chi connectivity index (χ2v) is 5.84. The molecule has 3 rings (SSSR count). The lowest BCUT2D eigenvalue weighted by Crippen LogP contribution is -2.06. The Bertz CT molecular complexity index is 606. The monoisotopic (exact) mass is 306 g/mol. The van der Waals surface area contributed by atoms with E-state index in [1.54, 1.807) is 18.2 Å². The second-order valence-electron chi connectivity index (χ2n) is 5.44. The molecule has 1 aliphatic carbocycles. The Morgan fingerprint density at radius 2 is 2.10 bits per heavy atom. The number of ether oxygens (including phenoxy) is 1. The van der Waals surface area contributed by atoms with Crippen LogP contribution in [0, 0.1) is 0 Å². The molecule has 1 heterocycles. The molecule has 0 radical (unpaired) electrons. The summed E-state index contributed by atoms with van der Waals surface area (Å²) in [6, 6.07) is 7.84. The van der Waals surface area contributed by atoms with Gasteiger partial charge in [0, 0.05) is 6.20 Å². The van der Waals surface area contributed by atoms with Gasteiger partial charge in [-0.05, 0) is 36.6 Å². The van der Waals surface area contributed by atoms with E-state index in [-0.39, 0.29) is 6.61 Å². The first-order chi connectivity index (χ1) is 10.3. The summed E-state index contributed by atoms with van der Waals surface area (Å²) in [7, 11) is 0. The smallest absolute Gasteiger partial charge is 0.138 e. The van der Waals surface area contributed by atoms with E-state index in [1.165, 1.54) is 25.7 Å². The average Bonchev–Trinajstić information content (AvgIpc) is 3.16. The maximum atomic E-state index is 9.06. The lowest BCUT2D eigenvalue weighted by atomic mass is 10.2. The molecule has 1 aromatic carbocycles. The first kappa shape index (κ1) is 14.4. The van der Waals surface area contributed by atoms with Gasteiger partial charge in [-0.15, -0.1) is 0 Å². The highest BCUT2D eigenvalue weighted by molar-refractivity contribution is 6.32. The van der Waals surface area contributed by atoms with Crippen LogP contribution >= 0.6 is 11.6 Å². The Labute approximate surface area is 129 Å². The molecule has 0 spiro atoms. The zero-order chi connectivity index (χ0) is 14.7. The molecular formula is C16H19ClN2O2. The van der Waals surface area contributed by atoms with E-state index in [9.17, 15) is 0 Å². The summed E-state index contributed by atoms with van der Waals surface area (Å²) in [5.74, 6) is 0.615. The Kier molecular flexibility index (Phi) is 4.46. The number of nitrogens with zero attached hydrogens (tertiary/aromatic N) is 2. The van der Waals surface area contributed by atoms with Gasteiger partial charge >= 0.3 is 0 Å². The molecule has 1 fully saturated rings. The number of aliphatic hydroxyl groups is 1. The van der Waals surface area contributed by atoms with E-state index in [0.717, 1.165) is 11.3 Å². The zero-order valence-electron chi connectivity index (χ0n) is 11.8. The van der Waals surface area contributed by atoms with Crippen molar-refractivity contribution in [2.75, 3.05) is 0 Å². The fourth-order valence-corrected chi connectivity index (χ4v) is 3.00. The Morgan fingerprint density at radius 3 is 2.81 bits per heavy atom. The number of aliphatic hydroxyl groups excluding tert-OH is 1. The Hall–Kier alpha value is -1.52. The van der Waals surface area contributed by atoms with Crippen LogP contribution in [-0.2, 0) is 13.2 Å². The third-order valence-electron chi connectivity index (χ3n) is 3.92. The van der Waals surface area contributed by atoms with Gasteiger partial charge in [-0.25, -0.2) is 0 Å². The lowest BCUT2D eigenvalue weighted by molar-refractivity contribution is 0.280. The van der Waals surface area contributed by atoms with Crippen LogP contribution in [0.3, 0.4) is 0 Å². The first-order valence-corrected chi connectivity index (χ1v) is 7.70. The van der Waals surface area contributed by atoms with Crippen molar-refractivity contribution in [3.63, 3.8) is 0 Å². The molecule has 0 saturated heterocycles. The Morgan fingerprint density at radius 1 is 1.29 bits per heavy atom. The number of benzene rings is 1. The minimum absolute atomic E-state index is 0.0220. The second kappa shape index (κ2) is 6.50. The van der Waals surface area contributed by atoms with Crippen molar-refractivity contribution in [2.24, 2.45) is 0 Å². The van der Waals surface area contributed by atoms with Gasteiger partial charge in [0.15, 0.2) is 0 Å². The van der Waals surface area contributed by atoms with Crippen molar-refractivity contribution >= 4 is 11.6 Å². The molecule has 0 aliphatic heterocycles. The molecule has 0 unspecified atom stereocenters. The van der Waals surface area contributed by atoms with Crippen molar-refractivity contribution in [2.45, 2.75) is 44.9 Å². The molecule has 2 aromatic rings. The highest BCUT2D eigenvalue weighted by Crippen LogP contribution is 2.29. The molecule has 21 heavy (non-hydrogen) atoms. The van der Waals surface area contributed by atoms with Gasteiger partial charge in [0.25, 0.3) is 0 Å². The number of halogens is 1. The highest BCUT2D eigenvalue weighted by atomic mass is 35.5. The van der Waals surface area contributed by atoms with Crippen molar-refractivity contribution in [3.05, 3.63) is 46.7 Å². The average molecular weight is 307 g/mol. The minimum atomic E-state index is -0.0220. The van der Waals surface area contributed by atoms with E-state index in [4.69, 9.17) is 21.4 Å². The fraction of sp³-hybridized carbons (Fsp3) is 0.438. The van der Waals surface area contributed by atoms with Gasteiger partial charge in [0.05, 0.1) is 23.4 Å². The first-order valence-electron chi connectivity index (χ1n) is 7.32. The summed E-state index contributed by atoms with van der Waals surface area (Å²) in [5.41, 5.74) is 1.68. The SMILES string of the molecule is OCc1ccc(OCc2ccn(C3CCCC3)n2)c(Cl)c1. The highest BCUT2D eigenvalue weighted by Gasteiger charge is 2.17. The van der Waals surface area contributed by atoms with Gasteiger partial charge in [0.1, 0.15) is 12.4 Å². The molecule has 1 aromatic heterocycles. The molecule has 0 bridgehead atoms. The van der Waals surface area contributed by atoms with Crippen LogP contribution in [0.5, 0.6) is 5.75 Å². The van der Waals surface area contributed by atoms with Crippen LogP contribution in [0.25, 0.3) is 0 Å². The molecule has 5 heteroatoms. The zero-order valence-corrected chi connectivity index (χ0v) is 12.6. The topological polar surface area (TPSA) is 47.3 Å². The van der Waals surface area contributed by atoms with E-state index >= 15 is 0 Å². The van der Waals surface area contributed by atoms with E-state index < -0.39 is 0 Å². The van der Waals surface area contributed by atoms with Gasteiger partial charge in [-0.2, -0.15) is 5.10 Å². The van der Waals surface area contributed by atoms with Crippen LogP contribution in [0.1, 0.15) is 43.0 Å². The summed E-state index contributed by atoms with van der Waals surface area (Å²) in [4.78, 5) is 0. The van der Waals surface area contributed by atoms with E-state index in [0.29, 0.717) is 23.4 Å². The molecule has 1 N–H and O–H groups in total. The standard InChI is InChI=1S/C16H19ClN2O2/c17-15-9-12(10-20)5-6-16(15)21-11-13-7-8-19(18-13)14-3-1-2-4-14/h5-9,14,20H,1-4,10-11H2. The number of rotatable bonds is 5. The molecule has 0 atom stereocenters. The van der Waals surface area contributed by atoms with Crippen molar-refractivity contribution in [1.29, 1.82) is 0 Å². The van der Waals surface area contributed by atoms with E-state index in [2.05, 4.69) is 9.78 Å². The van der Waals surface area contributed by atoms with Crippen LogP contribution in [0.2, 0.25) is 5.02 Å². The van der Waals surface area contributed by atoms with Crippen LogP contribution < -0.4 is 4.74 Å². The summed E-state index contributed by atoms with van der Waals surface area (Å²) < 4.78 is 7.77. The van der Waals surface area contributed by atoms with Crippen molar-refractivity contribution in [1.82, 2.24) is 9.78 Å². The van der Waals surface area contributed by atoms with Crippen molar-refractivity contribution in [3.8, 4) is 5.75 Å². The largest absolute Gasteiger partial charge is 0.486 e. The predicted molar refractivity (Wildman–Crippen MR) is 81.4 cm³/mol. The number of hydrogen-bond donors (Lipinski definition) is 1. The van der Waals surface area contributed by atoms with Crippen LogP contribution in [0.4, 0.5) is 0 Å². The van der Waals surface area contributed by atoms with Gasteiger partial charge in [0.2, 0.25) is 0 Å². The third-order valence-corrected chi connectivity index (χ3v) is 4.21. The fourth-order valence-electron chi connectivity index (χ4n) is 2.74. The molecule has 4 nitrogen and oxygen atoms in total. The van der Waals surface area contributed by atoms with Gasteiger partial charge in [-0.1, -0.05) is 30.5 Å². The number of hydrogen-bond acceptors (Lipinski definition) is 3. The minimum Gasteiger partial charge on any atom is -0.486 e. The molecular weight excluding hydrogens is 288 g/mol. The normalized spacial score (nSPS) is 15.5. The molecule has 1 aliphatic rings. The summed E-state index contributed by atoms with van der Waals surface area (Å²) in [5, 5.41) is 14.1. The summed E-state index contributed by atoms with van der Waals surface area (Å²) in [6.45, 7) is 0.379. The maximum absolute atomic E-state index is 9.06. The third kappa shape index (κ3) is 3.39. The van der Waals surface area contributed by atoms with Crippen molar-refractivity contribution < 1.29 is 9.84 Å². The maximum Gasteiger partial charge on any atom is 0.138 e. The van der Waals surface area contributed by atoms with Crippen LogP contribution in [-0.4, -0.2) is 14.9 Å². The molecule has 1 saturated carbocycles. The summed E-state index contributed by atoms with van der Waals surface area (Å²) >= 11 is 6.12. The quantitative estimate of drug-likeness (QED) is 0.915. The van der Waals surface area contributed by atoms with E-state index in [1.807, 2.05) is 12.3 Å². The molecule has 112 valence electrons. The van der Waals surface area contributed by atoms with Gasteiger partial charge in [-0.3, -0.25) is 4.68 Å².